The molecule has 25 heavy (non-hydrogen) atoms. The second kappa shape index (κ2) is 6.61. The van der Waals surface area contributed by atoms with Gasteiger partial charge in [0, 0.05) is 11.9 Å². The predicted octanol–water partition coefficient (Wildman–Crippen LogP) is 0.533. The summed E-state index contributed by atoms with van der Waals surface area (Å²) in [7, 11) is -3.30. The summed E-state index contributed by atoms with van der Waals surface area (Å²) in [5, 5.41) is 12.4. The van der Waals surface area contributed by atoms with Gasteiger partial charge in [-0.15, -0.1) is 11.3 Å². The SMILES string of the molecule is CS(=O)(=O)c1ccc(NC(=O)Cn2nnn(-c3cccs3)c2=O)cc1. The molecule has 0 aliphatic heterocycles. The number of thiophene rings is 1. The molecule has 11 heteroatoms. The molecule has 0 saturated carbocycles. The number of hydrogen-bond acceptors (Lipinski definition) is 7. The van der Waals surface area contributed by atoms with Gasteiger partial charge in [-0.3, -0.25) is 4.79 Å². The Kier molecular flexibility index (Phi) is 4.51. The van der Waals surface area contributed by atoms with Crippen LogP contribution in [0.25, 0.3) is 5.00 Å². The van der Waals surface area contributed by atoms with Crippen LogP contribution >= 0.6 is 11.3 Å². The highest BCUT2D eigenvalue weighted by Crippen LogP contribution is 2.14. The Hall–Kier alpha value is -2.79. The van der Waals surface area contributed by atoms with Crippen LogP contribution in [-0.2, 0) is 21.2 Å². The molecule has 1 amide bonds. The van der Waals surface area contributed by atoms with Crippen molar-refractivity contribution in [2.75, 3.05) is 11.6 Å². The molecular weight excluding hydrogens is 366 g/mol. The summed E-state index contributed by atoms with van der Waals surface area (Å²) < 4.78 is 24.9. The lowest BCUT2D eigenvalue weighted by Gasteiger charge is -2.05. The van der Waals surface area contributed by atoms with Crippen LogP contribution in [0.3, 0.4) is 0 Å². The highest BCUT2D eigenvalue weighted by Gasteiger charge is 2.13. The average molecular weight is 379 g/mol. The molecule has 2 heterocycles. The number of anilines is 1. The van der Waals surface area contributed by atoms with Gasteiger partial charge in [0.25, 0.3) is 0 Å². The maximum atomic E-state index is 12.2. The summed E-state index contributed by atoms with van der Waals surface area (Å²) in [4.78, 5) is 24.4. The molecular formula is C14H13N5O4S2. The van der Waals surface area contributed by atoms with Crippen molar-refractivity contribution < 1.29 is 13.2 Å². The lowest BCUT2D eigenvalue weighted by molar-refractivity contribution is -0.117. The first-order valence-corrected chi connectivity index (χ1v) is 9.78. The molecule has 0 radical (unpaired) electrons. The third kappa shape index (κ3) is 3.83. The Labute approximate surface area is 146 Å². The van der Waals surface area contributed by atoms with Crippen molar-refractivity contribution in [2.45, 2.75) is 11.4 Å². The number of benzene rings is 1. The lowest BCUT2D eigenvalue weighted by atomic mass is 10.3. The first-order chi connectivity index (χ1) is 11.8. The van der Waals surface area contributed by atoms with Crippen molar-refractivity contribution in [3.05, 3.63) is 52.3 Å². The van der Waals surface area contributed by atoms with Gasteiger partial charge in [0.2, 0.25) is 5.91 Å². The summed E-state index contributed by atoms with van der Waals surface area (Å²) in [5.74, 6) is -0.479. The first-order valence-electron chi connectivity index (χ1n) is 7.01. The number of carbonyl (C=O) groups excluding carboxylic acids is 1. The van der Waals surface area contributed by atoms with Gasteiger partial charge in [-0.05, 0) is 52.2 Å². The minimum absolute atomic E-state index is 0.153. The van der Waals surface area contributed by atoms with Crippen LogP contribution in [0, 0.1) is 0 Å². The molecule has 0 atom stereocenters. The molecule has 0 aliphatic rings. The van der Waals surface area contributed by atoms with Crippen molar-refractivity contribution in [2.24, 2.45) is 0 Å². The van der Waals surface area contributed by atoms with Crippen LogP contribution in [0.1, 0.15) is 0 Å². The predicted molar refractivity (Wildman–Crippen MR) is 91.7 cm³/mol. The second-order valence-corrected chi connectivity index (χ2v) is 8.07. The molecule has 2 aromatic heterocycles. The van der Waals surface area contributed by atoms with E-state index in [2.05, 4.69) is 15.7 Å². The minimum Gasteiger partial charge on any atom is -0.324 e. The molecule has 0 aliphatic carbocycles. The van der Waals surface area contributed by atoms with Crippen LogP contribution < -0.4 is 11.0 Å². The number of hydrogen-bond donors (Lipinski definition) is 1. The zero-order valence-electron chi connectivity index (χ0n) is 13.0. The highest BCUT2D eigenvalue weighted by molar-refractivity contribution is 7.90. The van der Waals surface area contributed by atoms with Crippen LogP contribution in [0.4, 0.5) is 5.69 Å². The van der Waals surface area contributed by atoms with Gasteiger partial charge in [-0.25, -0.2) is 13.2 Å². The van der Waals surface area contributed by atoms with E-state index in [1.165, 1.54) is 35.6 Å². The molecule has 0 saturated heterocycles. The Bertz CT molecular complexity index is 1050. The van der Waals surface area contributed by atoms with Gasteiger partial charge in [-0.2, -0.15) is 9.36 Å². The number of tetrazole rings is 1. The third-order valence-electron chi connectivity index (χ3n) is 3.21. The molecule has 0 bridgehead atoms. The molecule has 1 N–H and O–H groups in total. The van der Waals surface area contributed by atoms with Gasteiger partial charge < -0.3 is 5.32 Å². The monoisotopic (exact) mass is 379 g/mol. The van der Waals surface area contributed by atoms with Crippen LogP contribution in [0.2, 0.25) is 0 Å². The molecule has 3 aromatic rings. The number of aromatic nitrogens is 4. The first kappa shape index (κ1) is 17.0. The van der Waals surface area contributed by atoms with Crippen molar-refractivity contribution in [1.29, 1.82) is 0 Å². The van der Waals surface area contributed by atoms with E-state index in [-0.39, 0.29) is 11.4 Å². The van der Waals surface area contributed by atoms with Crippen molar-refractivity contribution in [3.63, 3.8) is 0 Å². The summed E-state index contributed by atoms with van der Waals surface area (Å²) in [6.45, 7) is -0.308. The Morgan fingerprint density at radius 1 is 1.20 bits per heavy atom. The van der Waals surface area contributed by atoms with E-state index in [4.69, 9.17) is 0 Å². The van der Waals surface area contributed by atoms with Crippen LogP contribution in [0.5, 0.6) is 0 Å². The van der Waals surface area contributed by atoms with Crippen LogP contribution in [0.15, 0.2) is 51.5 Å². The van der Waals surface area contributed by atoms with Crippen molar-refractivity contribution in [1.82, 2.24) is 19.8 Å². The van der Waals surface area contributed by atoms with Crippen molar-refractivity contribution in [3.8, 4) is 5.00 Å². The highest BCUT2D eigenvalue weighted by atomic mass is 32.2. The number of carbonyl (C=O) groups is 1. The maximum Gasteiger partial charge on any atom is 0.369 e. The van der Waals surface area contributed by atoms with E-state index >= 15 is 0 Å². The molecule has 0 spiro atoms. The topological polar surface area (TPSA) is 116 Å². The molecule has 130 valence electrons. The fourth-order valence-electron chi connectivity index (χ4n) is 2.02. The summed E-state index contributed by atoms with van der Waals surface area (Å²) >= 11 is 1.33. The van der Waals surface area contributed by atoms with E-state index in [1.807, 2.05) is 0 Å². The van der Waals surface area contributed by atoms with E-state index in [0.717, 1.165) is 15.6 Å². The molecule has 9 nitrogen and oxygen atoms in total. The van der Waals surface area contributed by atoms with E-state index in [9.17, 15) is 18.0 Å². The fraction of sp³-hybridized carbons (Fsp3) is 0.143. The Balaban J connectivity index is 1.70. The Morgan fingerprint density at radius 2 is 1.92 bits per heavy atom. The largest absolute Gasteiger partial charge is 0.369 e. The van der Waals surface area contributed by atoms with Gasteiger partial charge in [0.05, 0.1) is 4.90 Å². The van der Waals surface area contributed by atoms with Gasteiger partial charge in [0.1, 0.15) is 11.5 Å². The number of sulfone groups is 1. The summed E-state index contributed by atoms with van der Waals surface area (Å²) in [6, 6.07) is 9.22. The number of nitrogens with one attached hydrogen (secondary N) is 1. The lowest BCUT2D eigenvalue weighted by Crippen LogP contribution is -2.29. The van der Waals surface area contributed by atoms with E-state index in [0.29, 0.717) is 10.7 Å². The van der Waals surface area contributed by atoms with E-state index in [1.54, 1.807) is 17.5 Å². The fourth-order valence-corrected chi connectivity index (χ4v) is 3.32. The van der Waals surface area contributed by atoms with Gasteiger partial charge >= 0.3 is 5.69 Å². The quantitative estimate of drug-likeness (QED) is 0.691. The second-order valence-electron chi connectivity index (χ2n) is 5.13. The molecule has 0 unspecified atom stereocenters. The zero-order chi connectivity index (χ0) is 18.0. The minimum atomic E-state index is -3.30. The van der Waals surface area contributed by atoms with Gasteiger partial charge in [0.15, 0.2) is 9.84 Å². The van der Waals surface area contributed by atoms with E-state index < -0.39 is 21.4 Å². The normalized spacial score (nSPS) is 11.4. The Morgan fingerprint density at radius 3 is 2.52 bits per heavy atom. The molecule has 1 aromatic carbocycles. The number of nitrogens with zero attached hydrogens (tertiary/aromatic N) is 4. The summed E-state index contributed by atoms with van der Waals surface area (Å²) in [6.07, 6.45) is 1.10. The molecule has 3 rings (SSSR count). The standard InChI is InChI=1S/C14H13N5O4S2/c1-25(22,23)11-6-4-10(5-7-11)15-12(20)9-18-14(21)19(17-16-18)13-3-2-8-24-13/h2-8H,9H2,1H3,(H,15,20). The van der Waals surface area contributed by atoms with Gasteiger partial charge in [-0.1, -0.05) is 0 Å². The summed E-state index contributed by atoms with van der Waals surface area (Å²) in [5.41, 5.74) is -0.110. The van der Waals surface area contributed by atoms with Crippen molar-refractivity contribution >= 4 is 32.8 Å². The third-order valence-corrected chi connectivity index (χ3v) is 5.19. The zero-order valence-corrected chi connectivity index (χ0v) is 14.6. The molecule has 0 fully saturated rings. The maximum absolute atomic E-state index is 12.2. The van der Waals surface area contributed by atoms with Crippen LogP contribution in [-0.4, -0.2) is 40.4 Å². The number of rotatable bonds is 5. The smallest absolute Gasteiger partial charge is 0.324 e. The average Bonchev–Trinajstić information content (AvgIpc) is 3.18. The number of amides is 1.